The van der Waals surface area contributed by atoms with Gasteiger partial charge in [0.2, 0.25) is 5.88 Å². The van der Waals surface area contributed by atoms with Crippen molar-refractivity contribution in [2.45, 2.75) is 31.2 Å². The number of methoxy groups -OCH3 is 1. The minimum atomic E-state index is 0.271. The molecule has 3 nitrogen and oxygen atoms in total. The number of nitrogens with two attached hydrogens (primary N) is 1. The van der Waals surface area contributed by atoms with Crippen molar-refractivity contribution in [3.63, 3.8) is 0 Å². The van der Waals surface area contributed by atoms with Gasteiger partial charge in [0.25, 0.3) is 0 Å². The van der Waals surface area contributed by atoms with Crippen LogP contribution in [-0.4, -0.2) is 18.1 Å². The summed E-state index contributed by atoms with van der Waals surface area (Å²) < 4.78 is 5.24. The van der Waals surface area contributed by atoms with E-state index in [0.717, 1.165) is 18.7 Å². The van der Waals surface area contributed by atoms with Gasteiger partial charge < -0.3 is 10.5 Å². The Labute approximate surface area is 84.3 Å². The molecule has 2 unspecified atom stereocenters. The van der Waals surface area contributed by atoms with E-state index in [4.69, 9.17) is 10.5 Å². The molecule has 0 spiro atoms. The summed E-state index contributed by atoms with van der Waals surface area (Å²) in [5.41, 5.74) is 7.22. The van der Waals surface area contributed by atoms with Gasteiger partial charge in [-0.15, -0.1) is 0 Å². The highest BCUT2D eigenvalue weighted by Crippen LogP contribution is 2.36. The quantitative estimate of drug-likeness (QED) is 0.775. The number of hydrogen-bond acceptors (Lipinski definition) is 3. The van der Waals surface area contributed by atoms with E-state index in [1.807, 2.05) is 6.07 Å². The van der Waals surface area contributed by atoms with Crippen LogP contribution in [0.2, 0.25) is 0 Å². The standard InChI is InChI=1S/C11H16N2O/c1-14-11-9(5-3-7-13-11)8-4-2-6-10(8)12/h3,5,7-8,10H,2,4,6,12H2,1H3. The first-order valence-corrected chi connectivity index (χ1v) is 5.07. The van der Waals surface area contributed by atoms with Crippen LogP contribution >= 0.6 is 0 Å². The minimum Gasteiger partial charge on any atom is -0.481 e. The summed E-state index contributed by atoms with van der Waals surface area (Å²) in [4.78, 5) is 4.20. The third kappa shape index (κ3) is 1.60. The van der Waals surface area contributed by atoms with Crippen LogP contribution in [0.3, 0.4) is 0 Å². The zero-order valence-corrected chi connectivity index (χ0v) is 8.44. The lowest BCUT2D eigenvalue weighted by molar-refractivity contribution is 0.386. The molecule has 1 aromatic rings. The predicted molar refractivity (Wildman–Crippen MR) is 55.4 cm³/mol. The Balaban J connectivity index is 2.30. The maximum Gasteiger partial charge on any atom is 0.216 e. The van der Waals surface area contributed by atoms with E-state index in [0.29, 0.717) is 5.92 Å². The molecular formula is C11H16N2O. The van der Waals surface area contributed by atoms with Gasteiger partial charge in [0, 0.05) is 23.7 Å². The highest BCUT2D eigenvalue weighted by atomic mass is 16.5. The molecule has 0 aromatic carbocycles. The number of aromatic nitrogens is 1. The summed E-state index contributed by atoms with van der Waals surface area (Å²) in [6.07, 6.45) is 5.23. The van der Waals surface area contributed by atoms with Gasteiger partial charge in [0.1, 0.15) is 0 Å². The Morgan fingerprint density at radius 3 is 3.00 bits per heavy atom. The summed E-state index contributed by atoms with van der Waals surface area (Å²) in [6.45, 7) is 0. The number of ether oxygens (including phenoxy) is 1. The molecular weight excluding hydrogens is 176 g/mol. The smallest absolute Gasteiger partial charge is 0.216 e. The first kappa shape index (κ1) is 9.46. The van der Waals surface area contributed by atoms with Crippen LogP contribution in [0.1, 0.15) is 30.7 Å². The minimum absolute atomic E-state index is 0.271. The van der Waals surface area contributed by atoms with Gasteiger partial charge in [-0.1, -0.05) is 12.5 Å². The lowest BCUT2D eigenvalue weighted by atomic mass is 9.95. The second-order valence-corrected chi connectivity index (χ2v) is 3.80. The fraction of sp³-hybridized carbons (Fsp3) is 0.545. The predicted octanol–water partition coefficient (Wildman–Crippen LogP) is 1.68. The van der Waals surface area contributed by atoms with Gasteiger partial charge in [-0.3, -0.25) is 0 Å². The fourth-order valence-corrected chi connectivity index (χ4v) is 2.23. The summed E-state index contributed by atoms with van der Waals surface area (Å²) in [6, 6.07) is 4.29. The molecule has 0 saturated heterocycles. The number of hydrogen-bond donors (Lipinski definition) is 1. The molecule has 2 N–H and O–H groups in total. The van der Waals surface area contributed by atoms with Crippen LogP contribution in [0.5, 0.6) is 5.88 Å². The molecule has 1 saturated carbocycles. The summed E-state index contributed by atoms with van der Waals surface area (Å²) in [5, 5.41) is 0. The van der Waals surface area contributed by atoms with Crippen molar-refractivity contribution < 1.29 is 4.74 Å². The molecule has 1 aromatic heterocycles. The van der Waals surface area contributed by atoms with Crippen molar-refractivity contribution >= 4 is 0 Å². The van der Waals surface area contributed by atoms with Gasteiger partial charge in [-0.25, -0.2) is 4.98 Å². The van der Waals surface area contributed by atoms with E-state index >= 15 is 0 Å². The molecule has 0 bridgehead atoms. The Hall–Kier alpha value is -1.09. The number of rotatable bonds is 2. The molecule has 2 atom stereocenters. The molecule has 3 heteroatoms. The van der Waals surface area contributed by atoms with Crippen molar-refractivity contribution in [1.29, 1.82) is 0 Å². The molecule has 1 fully saturated rings. The molecule has 0 radical (unpaired) electrons. The van der Waals surface area contributed by atoms with Crippen molar-refractivity contribution in [2.24, 2.45) is 5.73 Å². The molecule has 1 heterocycles. The maximum absolute atomic E-state index is 6.05. The topological polar surface area (TPSA) is 48.1 Å². The van der Waals surface area contributed by atoms with Crippen LogP contribution < -0.4 is 10.5 Å². The van der Waals surface area contributed by atoms with Gasteiger partial charge >= 0.3 is 0 Å². The Morgan fingerprint density at radius 1 is 1.50 bits per heavy atom. The van der Waals surface area contributed by atoms with E-state index in [1.165, 1.54) is 12.0 Å². The summed E-state index contributed by atoms with van der Waals surface area (Å²) >= 11 is 0. The van der Waals surface area contributed by atoms with Crippen molar-refractivity contribution in [3.05, 3.63) is 23.9 Å². The second kappa shape index (κ2) is 3.96. The second-order valence-electron chi connectivity index (χ2n) is 3.80. The van der Waals surface area contributed by atoms with Gasteiger partial charge in [-0.05, 0) is 18.9 Å². The number of nitrogens with zero attached hydrogens (tertiary/aromatic N) is 1. The average molecular weight is 192 g/mol. The van der Waals surface area contributed by atoms with Crippen LogP contribution in [0, 0.1) is 0 Å². The van der Waals surface area contributed by atoms with Crippen LogP contribution in [-0.2, 0) is 0 Å². The van der Waals surface area contributed by atoms with Gasteiger partial charge in [0.15, 0.2) is 0 Å². The zero-order valence-electron chi connectivity index (χ0n) is 8.44. The monoisotopic (exact) mass is 192 g/mol. The zero-order chi connectivity index (χ0) is 9.97. The average Bonchev–Trinajstić information content (AvgIpc) is 2.64. The maximum atomic E-state index is 6.05. The first-order chi connectivity index (χ1) is 6.83. The Kier molecular flexibility index (Phi) is 2.68. The van der Waals surface area contributed by atoms with E-state index in [9.17, 15) is 0 Å². The molecule has 0 amide bonds. The lowest BCUT2D eigenvalue weighted by Gasteiger charge is -2.17. The Bertz CT molecular complexity index is 314. The Morgan fingerprint density at radius 2 is 2.36 bits per heavy atom. The molecule has 1 aliphatic rings. The lowest BCUT2D eigenvalue weighted by Crippen LogP contribution is -2.23. The first-order valence-electron chi connectivity index (χ1n) is 5.07. The highest BCUT2D eigenvalue weighted by molar-refractivity contribution is 5.31. The third-order valence-corrected chi connectivity index (χ3v) is 2.96. The van der Waals surface area contributed by atoms with Gasteiger partial charge in [-0.2, -0.15) is 0 Å². The molecule has 0 aliphatic heterocycles. The number of pyridine rings is 1. The van der Waals surface area contributed by atoms with Crippen molar-refractivity contribution in [1.82, 2.24) is 4.98 Å². The van der Waals surface area contributed by atoms with Crippen molar-refractivity contribution in [3.8, 4) is 5.88 Å². The van der Waals surface area contributed by atoms with Crippen LogP contribution in [0.4, 0.5) is 0 Å². The molecule has 1 aliphatic carbocycles. The highest BCUT2D eigenvalue weighted by Gasteiger charge is 2.27. The van der Waals surface area contributed by atoms with E-state index < -0.39 is 0 Å². The summed E-state index contributed by atoms with van der Waals surface area (Å²) in [5.74, 6) is 1.16. The van der Waals surface area contributed by atoms with Crippen molar-refractivity contribution in [2.75, 3.05) is 7.11 Å². The van der Waals surface area contributed by atoms with E-state index in [-0.39, 0.29) is 6.04 Å². The molecule has 14 heavy (non-hydrogen) atoms. The molecule has 76 valence electrons. The summed E-state index contributed by atoms with van der Waals surface area (Å²) in [7, 11) is 1.66. The fourth-order valence-electron chi connectivity index (χ4n) is 2.23. The third-order valence-electron chi connectivity index (χ3n) is 2.96. The van der Waals surface area contributed by atoms with Gasteiger partial charge in [0.05, 0.1) is 7.11 Å². The SMILES string of the molecule is COc1ncccc1C1CCCC1N. The normalized spacial score (nSPS) is 26.4. The van der Waals surface area contributed by atoms with Crippen LogP contribution in [0.25, 0.3) is 0 Å². The molecule has 2 rings (SSSR count). The van der Waals surface area contributed by atoms with E-state index in [2.05, 4.69) is 11.1 Å². The largest absolute Gasteiger partial charge is 0.481 e. The van der Waals surface area contributed by atoms with Crippen LogP contribution in [0.15, 0.2) is 18.3 Å². The van der Waals surface area contributed by atoms with E-state index in [1.54, 1.807) is 13.3 Å².